The Bertz CT molecular complexity index is 748. The minimum absolute atomic E-state index is 0.0295. The first kappa shape index (κ1) is 18.9. The number of carbonyl (C=O) groups excluding carboxylic acids is 1. The molecule has 0 bridgehead atoms. The molecule has 0 aliphatic heterocycles. The van der Waals surface area contributed by atoms with E-state index in [1.54, 1.807) is 4.90 Å². The van der Waals surface area contributed by atoms with E-state index in [0.29, 0.717) is 19.4 Å². The maximum absolute atomic E-state index is 12.6. The maximum Gasteiger partial charge on any atom is 0.224 e. The minimum Gasteiger partial charge on any atom is -0.325 e. The van der Waals surface area contributed by atoms with Crippen LogP contribution < -0.4 is 0 Å². The number of nitrogens with zero attached hydrogens (tertiary/aromatic N) is 4. The molecule has 6 heteroatoms. The fourth-order valence-corrected chi connectivity index (χ4v) is 3.13. The molecular formula is C19H22N4OS. The summed E-state index contributed by atoms with van der Waals surface area (Å²) < 4.78 is 0. The lowest BCUT2D eigenvalue weighted by atomic mass is 10.1. The summed E-state index contributed by atoms with van der Waals surface area (Å²) in [5, 5.41) is 9.78. The van der Waals surface area contributed by atoms with Gasteiger partial charge < -0.3 is 4.90 Å². The Labute approximate surface area is 153 Å². The van der Waals surface area contributed by atoms with Gasteiger partial charge in [0.2, 0.25) is 5.91 Å². The predicted molar refractivity (Wildman–Crippen MR) is 99.1 cm³/mol. The summed E-state index contributed by atoms with van der Waals surface area (Å²) in [7, 11) is 0. The average Bonchev–Trinajstić information content (AvgIpc) is 2.61. The standard InChI is InChI=1S/C19H22N4OS/c1-14-17(15(2)22-19(21-14)25-3)9-10-18(24)23(12-11-20)13-16-7-5-4-6-8-16/h4-8H,9-10,12-13H2,1-3H3. The summed E-state index contributed by atoms with van der Waals surface area (Å²) >= 11 is 1.51. The SMILES string of the molecule is CSc1nc(C)c(CCC(=O)N(CC#N)Cc2ccccc2)c(C)n1. The van der Waals surface area contributed by atoms with Crippen molar-refractivity contribution < 1.29 is 4.79 Å². The Morgan fingerprint density at radius 2 is 1.84 bits per heavy atom. The van der Waals surface area contributed by atoms with Crippen molar-refractivity contribution in [2.75, 3.05) is 12.8 Å². The van der Waals surface area contributed by atoms with Gasteiger partial charge in [-0.1, -0.05) is 42.1 Å². The van der Waals surface area contributed by atoms with Crippen LogP contribution in [0.4, 0.5) is 0 Å². The van der Waals surface area contributed by atoms with Gasteiger partial charge in [-0.25, -0.2) is 9.97 Å². The number of carbonyl (C=O) groups is 1. The Morgan fingerprint density at radius 1 is 1.20 bits per heavy atom. The van der Waals surface area contributed by atoms with Crippen LogP contribution in [0.5, 0.6) is 0 Å². The molecule has 0 aliphatic carbocycles. The van der Waals surface area contributed by atoms with Crippen molar-refractivity contribution in [3.63, 3.8) is 0 Å². The number of aromatic nitrogens is 2. The molecule has 1 aromatic heterocycles. The number of thioether (sulfide) groups is 1. The summed E-state index contributed by atoms with van der Waals surface area (Å²) in [4.78, 5) is 23.1. The van der Waals surface area contributed by atoms with Crippen LogP contribution in [0.1, 0.15) is 28.9 Å². The Kier molecular flexibility index (Phi) is 6.96. The highest BCUT2D eigenvalue weighted by Crippen LogP contribution is 2.18. The lowest BCUT2D eigenvalue weighted by Gasteiger charge is -2.20. The summed E-state index contributed by atoms with van der Waals surface area (Å²) in [5.74, 6) is -0.0295. The van der Waals surface area contributed by atoms with E-state index in [4.69, 9.17) is 5.26 Å². The first-order valence-corrected chi connectivity index (χ1v) is 9.34. The van der Waals surface area contributed by atoms with Crippen molar-refractivity contribution in [1.82, 2.24) is 14.9 Å². The Morgan fingerprint density at radius 3 is 2.40 bits per heavy atom. The number of amides is 1. The largest absolute Gasteiger partial charge is 0.325 e. The van der Waals surface area contributed by atoms with Crippen LogP contribution in [0.25, 0.3) is 0 Å². The second-order valence-corrected chi connectivity index (χ2v) is 6.53. The van der Waals surface area contributed by atoms with Gasteiger partial charge in [0.1, 0.15) is 6.54 Å². The number of hydrogen-bond acceptors (Lipinski definition) is 5. The molecule has 0 saturated heterocycles. The minimum atomic E-state index is -0.0295. The summed E-state index contributed by atoms with van der Waals surface area (Å²) in [6.07, 6.45) is 2.88. The first-order valence-electron chi connectivity index (χ1n) is 8.12. The Balaban J connectivity index is 2.05. The third-order valence-electron chi connectivity index (χ3n) is 4.00. The molecule has 2 rings (SSSR count). The quantitative estimate of drug-likeness (QED) is 0.433. The molecule has 25 heavy (non-hydrogen) atoms. The van der Waals surface area contributed by atoms with Crippen LogP contribution >= 0.6 is 11.8 Å². The maximum atomic E-state index is 12.6. The normalized spacial score (nSPS) is 10.3. The van der Waals surface area contributed by atoms with Gasteiger partial charge >= 0.3 is 0 Å². The van der Waals surface area contributed by atoms with Gasteiger partial charge in [0.25, 0.3) is 0 Å². The van der Waals surface area contributed by atoms with Gasteiger partial charge in [0.15, 0.2) is 5.16 Å². The number of rotatable bonds is 7. The van der Waals surface area contributed by atoms with Crippen molar-refractivity contribution in [2.24, 2.45) is 0 Å². The first-order chi connectivity index (χ1) is 12.0. The van der Waals surface area contributed by atoms with E-state index in [9.17, 15) is 4.79 Å². The van der Waals surface area contributed by atoms with Crippen molar-refractivity contribution in [3.05, 3.63) is 52.8 Å². The highest BCUT2D eigenvalue weighted by atomic mass is 32.2. The molecule has 5 nitrogen and oxygen atoms in total. The van der Waals surface area contributed by atoms with E-state index in [-0.39, 0.29) is 12.5 Å². The number of hydrogen-bond donors (Lipinski definition) is 0. The molecule has 0 spiro atoms. The average molecular weight is 354 g/mol. The number of benzene rings is 1. The fraction of sp³-hybridized carbons (Fsp3) is 0.368. The van der Waals surface area contributed by atoms with E-state index in [2.05, 4.69) is 16.0 Å². The van der Waals surface area contributed by atoms with Gasteiger partial charge in [-0.2, -0.15) is 5.26 Å². The van der Waals surface area contributed by atoms with Gasteiger partial charge in [0, 0.05) is 24.4 Å². The van der Waals surface area contributed by atoms with Crippen molar-refractivity contribution in [2.45, 2.75) is 38.4 Å². The van der Waals surface area contributed by atoms with Crippen LogP contribution in [0, 0.1) is 25.2 Å². The molecule has 0 unspecified atom stereocenters. The number of aryl methyl sites for hydroxylation is 2. The molecule has 0 saturated carbocycles. The smallest absolute Gasteiger partial charge is 0.224 e. The van der Waals surface area contributed by atoms with Gasteiger partial charge in [-0.3, -0.25) is 4.79 Å². The summed E-state index contributed by atoms with van der Waals surface area (Å²) in [6, 6.07) is 11.8. The molecule has 1 aromatic carbocycles. The monoisotopic (exact) mass is 354 g/mol. The fourth-order valence-electron chi connectivity index (χ4n) is 2.67. The molecular weight excluding hydrogens is 332 g/mol. The predicted octanol–water partition coefficient (Wildman–Crippen LogP) is 3.30. The number of nitriles is 1. The third-order valence-corrected chi connectivity index (χ3v) is 4.55. The van der Waals surface area contributed by atoms with E-state index < -0.39 is 0 Å². The molecule has 0 radical (unpaired) electrons. The molecule has 130 valence electrons. The van der Waals surface area contributed by atoms with E-state index in [1.807, 2.05) is 50.4 Å². The molecule has 0 fully saturated rings. The van der Waals surface area contributed by atoms with Crippen LogP contribution in [0.3, 0.4) is 0 Å². The highest BCUT2D eigenvalue weighted by Gasteiger charge is 2.16. The van der Waals surface area contributed by atoms with Gasteiger partial charge in [-0.15, -0.1) is 0 Å². The highest BCUT2D eigenvalue weighted by molar-refractivity contribution is 7.98. The zero-order valence-corrected chi connectivity index (χ0v) is 15.6. The summed E-state index contributed by atoms with van der Waals surface area (Å²) in [5.41, 5.74) is 3.87. The molecule has 1 amide bonds. The molecule has 0 aliphatic rings. The van der Waals surface area contributed by atoms with Crippen molar-refractivity contribution in [3.8, 4) is 6.07 Å². The topological polar surface area (TPSA) is 69.9 Å². The molecule has 0 atom stereocenters. The Hall–Kier alpha value is -2.39. The van der Waals surface area contributed by atoms with Crippen LogP contribution in [0.15, 0.2) is 35.5 Å². The second kappa shape index (κ2) is 9.19. The van der Waals surface area contributed by atoms with Crippen LogP contribution in [-0.2, 0) is 17.8 Å². The van der Waals surface area contributed by atoms with Crippen LogP contribution in [0.2, 0.25) is 0 Å². The van der Waals surface area contributed by atoms with Gasteiger partial charge in [-0.05, 0) is 37.7 Å². The molecule has 2 aromatic rings. The summed E-state index contributed by atoms with van der Waals surface area (Å²) in [6.45, 7) is 4.44. The van der Waals surface area contributed by atoms with E-state index in [0.717, 1.165) is 27.7 Å². The molecule has 0 N–H and O–H groups in total. The molecule has 1 heterocycles. The van der Waals surface area contributed by atoms with Crippen molar-refractivity contribution in [1.29, 1.82) is 5.26 Å². The van der Waals surface area contributed by atoms with E-state index >= 15 is 0 Å². The third kappa shape index (κ3) is 5.30. The zero-order chi connectivity index (χ0) is 18.2. The lowest BCUT2D eigenvalue weighted by molar-refractivity contribution is -0.131. The lowest BCUT2D eigenvalue weighted by Crippen LogP contribution is -2.31. The van der Waals surface area contributed by atoms with Crippen LogP contribution in [-0.4, -0.2) is 33.6 Å². The van der Waals surface area contributed by atoms with Gasteiger partial charge in [0.05, 0.1) is 6.07 Å². The zero-order valence-electron chi connectivity index (χ0n) is 14.8. The van der Waals surface area contributed by atoms with E-state index in [1.165, 1.54) is 11.8 Å². The second-order valence-electron chi connectivity index (χ2n) is 5.75. The van der Waals surface area contributed by atoms with Crippen molar-refractivity contribution >= 4 is 17.7 Å².